The zero-order chi connectivity index (χ0) is 20.2. The third-order valence-electron chi connectivity index (χ3n) is 5.02. The van der Waals surface area contributed by atoms with Crippen LogP contribution in [0.5, 0.6) is 11.5 Å². The van der Waals surface area contributed by atoms with Crippen molar-refractivity contribution >= 4 is 5.91 Å². The molecule has 7 nitrogen and oxygen atoms in total. The average molecular weight is 381 g/mol. The monoisotopic (exact) mass is 381 g/mol. The Bertz CT molecular complexity index is 669. The molecule has 0 bridgehead atoms. The van der Waals surface area contributed by atoms with E-state index in [0.717, 1.165) is 5.56 Å². The second-order valence-corrected chi connectivity index (χ2v) is 7.02. The summed E-state index contributed by atoms with van der Waals surface area (Å²) in [4.78, 5) is 14.7. The molecule has 0 radical (unpaired) electrons. The maximum Gasteiger partial charge on any atom is 0.254 e. The van der Waals surface area contributed by atoms with E-state index >= 15 is 0 Å². The summed E-state index contributed by atoms with van der Waals surface area (Å²) in [7, 11) is 3.13. The van der Waals surface area contributed by atoms with E-state index in [9.17, 15) is 9.90 Å². The highest BCUT2D eigenvalue weighted by atomic mass is 16.7. The molecule has 1 heterocycles. The first-order chi connectivity index (χ1) is 12.8. The Labute approximate surface area is 161 Å². The van der Waals surface area contributed by atoms with Crippen LogP contribution in [-0.4, -0.2) is 61.7 Å². The minimum Gasteiger partial charge on any atom is -0.496 e. The van der Waals surface area contributed by atoms with Crippen molar-refractivity contribution in [3.8, 4) is 11.5 Å². The summed E-state index contributed by atoms with van der Waals surface area (Å²) in [6.07, 6.45) is 0.274. The van der Waals surface area contributed by atoms with Crippen LogP contribution in [0.25, 0.3) is 0 Å². The number of nitrogens with zero attached hydrogens (tertiary/aromatic N) is 1. The van der Waals surface area contributed by atoms with Crippen LogP contribution >= 0.6 is 0 Å². The van der Waals surface area contributed by atoms with Crippen LogP contribution in [-0.2, 0) is 22.5 Å². The Balaban J connectivity index is 2.57. The van der Waals surface area contributed by atoms with Gasteiger partial charge in [0.25, 0.3) is 5.91 Å². The highest BCUT2D eigenvalue weighted by molar-refractivity contribution is 5.97. The van der Waals surface area contributed by atoms with Gasteiger partial charge in [0.1, 0.15) is 30.0 Å². The predicted molar refractivity (Wildman–Crippen MR) is 101 cm³/mol. The summed E-state index contributed by atoms with van der Waals surface area (Å²) in [6, 6.07) is 1.69. The van der Waals surface area contributed by atoms with Crippen molar-refractivity contribution in [2.24, 2.45) is 0 Å². The SMILES string of the molecule is CCN(CC)C(=O)c1cc(OC)c2c(c1CO)OC(C)(C)C(OCOC)C2. The maximum absolute atomic E-state index is 13.0. The molecule has 1 amide bonds. The minimum absolute atomic E-state index is 0.149. The van der Waals surface area contributed by atoms with E-state index in [1.165, 1.54) is 0 Å². The number of hydrogen-bond acceptors (Lipinski definition) is 6. The highest BCUT2D eigenvalue weighted by Crippen LogP contribution is 2.44. The molecule has 152 valence electrons. The molecule has 1 aromatic rings. The Morgan fingerprint density at radius 1 is 1.33 bits per heavy atom. The minimum atomic E-state index is -0.655. The summed E-state index contributed by atoms with van der Waals surface area (Å²) < 4.78 is 22.6. The first-order valence-corrected chi connectivity index (χ1v) is 9.26. The van der Waals surface area contributed by atoms with E-state index in [1.807, 2.05) is 27.7 Å². The lowest BCUT2D eigenvalue weighted by molar-refractivity contribution is -0.140. The van der Waals surface area contributed by atoms with Gasteiger partial charge in [0.2, 0.25) is 0 Å². The van der Waals surface area contributed by atoms with Gasteiger partial charge in [-0.05, 0) is 33.8 Å². The van der Waals surface area contributed by atoms with Crippen LogP contribution in [0.4, 0.5) is 0 Å². The van der Waals surface area contributed by atoms with Crippen LogP contribution in [0.2, 0.25) is 0 Å². The molecular formula is C20H31NO6. The molecule has 1 atom stereocenters. The van der Waals surface area contributed by atoms with Crippen molar-refractivity contribution in [3.05, 3.63) is 22.8 Å². The Kier molecular flexibility index (Phi) is 7.08. The topological polar surface area (TPSA) is 77.5 Å². The molecule has 1 N–H and O–H groups in total. The summed E-state index contributed by atoms with van der Waals surface area (Å²) in [5.74, 6) is 0.915. The number of methoxy groups -OCH3 is 2. The Hall–Kier alpha value is -1.83. The fourth-order valence-electron chi connectivity index (χ4n) is 3.42. The average Bonchev–Trinajstić information content (AvgIpc) is 2.65. The summed E-state index contributed by atoms with van der Waals surface area (Å²) in [6.45, 7) is 8.71. The van der Waals surface area contributed by atoms with Gasteiger partial charge in [-0.3, -0.25) is 4.79 Å². The molecule has 0 spiro atoms. The summed E-state index contributed by atoms with van der Waals surface area (Å²) in [5.41, 5.74) is 1.03. The van der Waals surface area contributed by atoms with E-state index < -0.39 is 5.60 Å². The Morgan fingerprint density at radius 2 is 2.00 bits per heavy atom. The Morgan fingerprint density at radius 3 is 2.52 bits per heavy atom. The number of carbonyl (C=O) groups is 1. The first-order valence-electron chi connectivity index (χ1n) is 9.26. The second-order valence-electron chi connectivity index (χ2n) is 7.02. The molecule has 0 saturated heterocycles. The molecule has 1 aromatic carbocycles. The number of amides is 1. The fourth-order valence-corrected chi connectivity index (χ4v) is 3.42. The molecule has 7 heteroatoms. The standard InChI is InChI=1S/C20H31NO6/c1-7-21(8-2)19(23)13-9-16(25-6)14-10-17(26-12-24-5)20(3,4)27-18(14)15(13)11-22/h9,17,22H,7-8,10-12H2,1-6H3. The summed E-state index contributed by atoms with van der Waals surface area (Å²) in [5, 5.41) is 10.0. The van der Waals surface area contributed by atoms with Gasteiger partial charge >= 0.3 is 0 Å². The molecule has 27 heavy (non-hydrogen) atoms. The maximum atomic E-state index is 13.0. The van der Waals surface area contributed by atoms with Crippen LogP contribution in [0.15, 0.2) is 6.07 Å². The van der Waals surface area contributed by atoms with Gasteiger partial charge in [0.05, 0.1) is 19.3 Å². The summed E-state index contributed by atoms with van der Waals surface area (Å²) >= 11 is 0. The molecule has 0 fully saturated rings. The lowest BCUT2D eigenvalue weighted by atomic mass is 9.87. The van der Waals surface area contributed by atoms with Gasteiger partial charge < -0.3 is 29.0 Å². The number of benzene rings is 1. The van der Waals surface area contributed by atoms with E-state index in [0.29, 0.717) is 42.1 Å². The number of hydrogen-bond donors (Lipinski definition) is 1. The molecule has 1 aliphatic rings. The molecule has 1 unspecified atom stereocenters. The van der Waals surface area contributed by atoms with E-state index in [2.05, 4.69) is 0 Å². The van der Waals surface area contributed by atoms with Gasteiger partial charge in [-0.25, -0.2) is 0 Å². The van der Waals surface area contributed by atoms with Crippen LogP contribution in [0.1, 0.15) is 49.2 Å². The fraction of sp³-hybridized carbons (Fsp3) is 0.650. The molecule has 0 aromatic heterocycles. The predicted octanol–water partition coefficient (Wildman–Crippen LogP) is 2.37. The zero-order valence-corrected chi connectivity index (χ0v) is 17.1. The van der Waals surface area contributed by atoms with E-state index in [4.69, 9.17) is 18.9 Å². The molecule has 2 rings (SSSR count). The number of ether oxygens (including phenoxy) is 4. The van der Waals surface area contributed by atoms with Crippen LogP contribution in [0, 0.1) is 0 Å². The van der Waals surface area contributed by atoms with Crippen LogP contribution < -0.4 is 9.47 Å². The van der Waals surface area contributed by atoms with Crippen molar-refractivity contribution in [1.82, 2.24) is 4.90 Å². The van der Waals surface area contributed by atoms with Gasteiger partial charge in [-0.1, -0.05) is 0 Å². The van der Waals surface area contributed by atoms with Crippen molar-refractivity contribution in [2.75, 3.05) is 34.1 Å². The van der Waals surface area contributed by atoms with Crippen molar-refractivity contribution in [2.45, 2.75) is 52.4 Å². The second kappa shape index (κ2) is 8.91. The quantitative estimate of drug-likeness (QED) is 0.697. The van der Waals surface area contributed by atoms with E-state index in [1.54, 1.807) is 25.2 Å². The van der Waals surface area contributed by atoms with Gasteiger partial charge in [-0.2, -0.15) is 0 Å². The molecular weight excluding hydrogens is 350 g/mol. The number of rotatable bonds is 8. The number of fused-ring (bicyclic) bond motifs is 1. The number of aliphatic hydroxyl groups excluding tert-OH is 1. The smallest absolute Gasteiger partial charge is 0.254 e. The molecule has 1 aliphatic heterocycles. The van der Waals surface area contributed by atoms with Crippen LogP contribution in [0.3, 0.4) is 0 Å². The van der Waals surface area contributed by atoms with Gasteiger partial charge in [-0.15, -0.1) is 0 Å². The highest BCUT2D eigenvalue weighted by Gasteiger charge is 2.41. The lowest BCUT2D eigenvalue weighted by Gasteiger charge is -2.41. The number of aliphatic hydroxyl groups is 1. The number of carbonyl (C=O) groups excluding carboxylic acids is 1. The first kappa shape index (κ1) is 21.5. The van der Waals surface area contributed by atoms with Gasteiger partial charge in [0.15, 0.2) is 0 Å². The largest absolute Gasteiger partial charge is 0.496 e. The van der Waals surface area contributed by atoms with Crippen molar-refractivity contribution < 1.29 is 28.8 Å². The van der Waals surface area contributed by atoms with Gasteiger partial charge in [0, 0.05) is 37.7 Å². The molecule has 0 aliphatic carbocycles. The third kappa shape index (κ3) is 4.20. The third-order valence-corrected chi connectivity index (χ3v) is 5.02. The lowest BCUT2D eigenvalue weighted by Crippen LogP contribution is -2.48. The van der Waals surface area contributed by atoms with E-state index in [-0.39, 0.29) is 25.4 Å². The van der Waals surface area contributed by atoms with Crippen molar-refractivity contribution in [3.63, 3.8) is 0 Å². The van der Waals surface area contributed by atoms with Crippen molar-refractivity contribution in [1.29, 1.82) is 0 Å². The molecule has 0 saturated carbocycles. The normalized spacial score (nSPS) is 17.8. The zero-order valence-electron chi connectivity index (χ0n) is 17.1.